The maximum absolute atomic E-state index is 11.5. The highest BCUT2D eigenvalue weighted by Gasteiger charge is 2.15. The van der Waals surface area contributed by atoms with Gasteiger partial charge in [0.2, 0.25) is 0 Å². The number of aryl methyl sites for hydroxylation is 1. The normalized spacial score (nSPS) is 20.7. The highest BCUT2D eigenvalue weighted by molar-refractivity contribution is 14.1. The Morgan fingerprint density at radius 2 is 2.40 bits per heavy atom. The number of hydrogen-bond donors (Lipinski definition) is 0. The van der Waals surface area contributed by atoms with E-state index in [1.165, 1.54) is 0 Å². The molecule has 0 radical (unpaired) electrons. The van der Waals surface area contributed by atoms with Gasteiger partial charge in [0, 0.05) is 29.0 Å². The molecule has 0 bridgehead atoms. The highest BCUT2D eigenvalue weighted by Crippen LogP contribution is 2.15. The summed E-state index contributed by atoms with van der Waals surface area (Å²) in [6.07, 6.45) is 5.50. The van der Waals surface area contributed by atoms with Crippen molar-refractivity contribution in [3.05, 3.63) is 32.3 Å². The summed E-state index contributed by atoms with van der Waals surface area (Å²) in [6.45, 7) is 1.65. The molecule has 0 spiro atoms. The van der Waals surface area contributed by atoms with Crippen molar-refractivity contribution in [2.75, 3.05) is 6.61 Å². The molecule has 1 aromatic rings. The summed E-state index contributed by atoms with van der Waals surface area (Å²) in [5, 5.41) is 0. The molecule has 0 aromatic carbocycles. The molecule has 2 heterocycles. The zero-order valence-corrected chi connectivity index (χ0v) is 10.6. The molecular formula is C11H14INO2. The zero-order valence-electron chi connectivity index (χ0n) is 8.49. The molecule has 1 unspecified atom stereocenters. The van der Waals surface area contributed by atoms with Gasteiger partial charge in [0.1, 0.15) is 0 Å². The van der Waals surface area contributed by atoms with Crippen molar-refractivity contribution in [1.82, 2.24) is 4.57 Å². The third kappa shape index (κ3) is 3.04. The Bertz CT molecular complexity index is 382. The fourth-order valence-electron chi connectivity index (χ4n) is 1.83. The number of nitrogens with zero attached hydrogens (tertiary/aromatic N) is 1. The minimum atomic E-state index is 0.0772. The van der Waals surface area contributed by atoms with E-state index in [0.717, 1.165) is 36.0 Å². The van der Waals surface area contributed by atoms with E-state index in [-0.39, 0.29) is 5.56 Å². The van der Waals surface area contributed by atoms with E-state index in [0.29, 0.717) is 6.10 Å². The van der Waals surface area contributed by atoms with E-state index in [1.807, 2.05) is 12.3 Å². The third-order valence-corrected chi connectivity index (χ3v) is 3.30. The summed E-state index contributed by atoms with van der Waals surface area (Å²) in [5.74, 6) is 0. The molecule has 1 aromatic heterocycles. The van der Waals surface area contributed by atoms with Gasteiger partial charge in [0.15, 0.2) is 0 Å². The Morgan fingerprint density at radius 1 is 1.53 bits per heavy atom. The number of aromatic nitrogens is 1. The number of halogens is 1. The first-order valence-electron chi connectivity index (χ1n) is 5.23. The Balaban J connectivity index is 1.97. The smallest absolute Gasteiger partial charge is 0.250 e. The van der Waals surface area contributed by atoms with Crippen LogP contribution in [0.2, 0.25) is 0 Å². The minimum absolute atomic E-state index is 0.0772. The Morgan fingerprint density at radius 3 is 3.13 bits per heavy atom. The van der Waals surface area contributed by atoms with Gasteiger partial charge in [-0.05, 0) is 47.9 Å². The van der Waals surface area contributed by atoms with Crippen LogP contribution in [0.4, 0.5) is 0 Å². The second kappa shape index (κ2) is 5.12. The van der Waals surface area contributed by atoms with Gasteiger partial charge in [-0.3, -0.25) is 4.79 Å². The number of rotatable bonds is 3. The van der Waals surface area contributed by atoms with Crippen molar-refractivity contribution >= 4 is 22.6 Å². The van der Waals surface area contributed by atoms with Gasteiger partial charge >= 0.3 is 0 Å². The fraction of sp³-hybridized carbons (Fsp3) is 0.545. The molecule has 15 heavy (non-hydrogen) atoms. The van der Waals surface area contributed by atoms with Crippen LogP contribution in [-0.4, -0.2) is 17.3 Å². The van der Waals surface area contributed by atoms with Crippen molar-refractivity contribution in [3.8, 4) is 0 Å². The first-order chi connectivity index (χ1) is 7.25. The fourth-order valence-corrected chi connectivity index (χ4v) is 2.35. The molecule has 1 saturated heterocycles. The largest absolute Gasteiger partial charge is 0.378 e. The van der Waals surface area contributed by atoms with Crippen LogP contribution >= 0.6 is 22.6 Å². The molecule has 0 N–H and O–H groups in total. The molecule has 1 atom stereocenters. The maximum atomic E-state index is 11.5. The average Bonchev–Trinajstić information content (AvgIpc) is 2.72. The van der Waals surface area contributed by atoms with E-state index >= 15 is 0 Å². The molecule has 0 aliphatic carbocycles. The first-order valence-corrected chi connectivity index (χ1v) is 6.31. The van der Waals surface area contributed by atoms with Crippen LogP contribution in [0, 0.1) is 3.57 Å². The van der Waals surface area contributed by atoms with Gasteiger partial charge in [0.05, 0.1) is 6.10 Å². The van der Waals surface area contributed by atoms with Gasteiger partial charge in [-0.15, -0.1) is 0 Å². The van der Waals surface area contributed by atoms with Crippen LogP contribution in [0.3, 0.4) is 0 Å². The molecule has 82 valence electrons. The van der Waals surface area contributed by atoms with Gasteiger partial charge in [0.25, 0.3) is 5.56 Å². The van der Waals surface area contributed by atoms with Gasteiger partial charge in [-0.25, -0.2) is 0 Å². The van der Waals surface area contributed by atoms with Crippen LogP contribution < -0.4 is 5.56 Å². The van der Waals surface area contributed by atoms with Gasteiger partial charge < -0.3 is 9.30 Å². The van der Waals surface area contributed by atoms with Crippen LogP contribution in [0.15, 0.2) is 23.1 Å². The Hall–Kier alpha value is -0.360. The van der Waals surface area contributed by atoms with Crippen LogP contribution in [0.25, 0.3) is 0 Å². The molecule has 4 heteroatoms. The zero-order chi connectivity index (χ0) is 10.7. The Labute approximate surface area is 103 Å². The molecule has 1 aliphatic rings. The molecule has 2 rings (SSSR count). The lowest BCUT2D eigenvalue weighted by atomic mass is 10.2. The maximum Gasteiger partial charge on any atom is 0.250 e. The number of ether oxygens (including phenoxy) is 1. The molecule has 0 amide bonds. The molecule has 3 nitrogen and oxygen atoms in total. The Kier molecular flexibility index (Phi) is 3.80. The predicted octanol–water partition coefficient (Wildman–Crippen LogP) is 2.02. The lowest BCUT2D eigenvalue weighted by Gasteiger charge is -2.10. The summed E-state index contributed by atoms with van der Waals surface area (Å²) in [4.78, 5) is 11.5. The van der Waals surface area contributed by atoms with Crippen molar-refractivity contribution < 1.29 is 4.74 Å². The molecule has 1 fully saturated rings. The monoisotopic (exact) mass is 319 g/mol. The van der Waals surface area contributed by atoms with Crippen molar-refractivity contribution in [1.29, 1.82) is 0 Å². The van der Waals surface area contributed by atoms with Crippen LogP contribution in [0.5, 0.6) is 0 Å². The third-order valence-electron chi connectivity index (χ3n) is 2.66. The standard InChI is InChI=1S/C11H14INO2/c12-9-3-4-11(14)13(8-9)6-5-10-2-1-7-15-10/h3-4,8,10H,1-2,5-7H2. The summed E-state index contributed by atoms with van der Waals surface area (Å²) in [6, 6.07) is 3.46. The average molecular weight is 319 g/mol. The van der Waals surface area contributed by atoms with Crippen LogP contribution in [-0.2, 0) is 11.3 Å². The summed E-state index contributed by atoms with van der Waals surface area (Å²) in [5.41, 5.74) is 0.0772. The van der Waals surface area contributed by atoms with E-state index < -0.39 is 0 Å². The number of pyridine rings is 1. The molecule has 0 saturated carbocycles. The van der Waals surface area contributed by atoms with Crippen molar-refractivity contribution in [2.24, 2.45) is 0 Å². The van der Waals surface area contributed by atoms with Gasteiger partial charge in [-0.2, -0.15) is 0 Å². The predicted molar refractivity (Wildman–Crippen MR) is 67.0 cm³/mol. The second-order valence-electron chi connectivity index (χ2n) is 3.80. The second-order valence-corrected chi connectivity index (χ2v) is 5.05. The van der Waals surface area contributed by atoms with E-state index in [2.05, 4.69) is 22.6 Å². The van der Waals surface area contributed by atoms with Crippen LogP contribution in [0.1, 0.15) is 19.3 Å². The molecule has 1 aliphatic heterocycles. The SMILES string of the molecule is O=c1ccc(I)cn1CCC1CCCO1. The first kappa shape index (κ1) is 11.1. The van der Waals surface area contributed by atoms with Crippen molar-refractivity contribution in [2.45, 2.75) is 31.9 Å². The number of hydrogen-bond acceptors (Lipinski definition) is 2. The van der Waals surface area contributed by atoms with E-state index in [9.17, 15) is 4.79 Å². The summed E-state index contributed by atoms with van der Waals surface area (Å²) >= 11 is 2.22. The van der Waals surface area contributed by atoms with Crippen molar-refractivity contribution in [3.63, 3.8) is 0 Å². The lowest BCUT2D eigenvalue weighted by molar-refractivity contribution is 0.100. The summed E-state index contributed by atoms with van der Waals surface area (Å²) < 4.78 is 8.39. The van der Waals surface area contributed by atoms with E-state index in [4.69, 9.17) is 4.74 Å². The topological polar surface area (TPSA) is 31.2 Å². The summed E-state index contributed by atoms with van der Waals surface area (Å²) in [7, 11) is 0. The quantitative estimate of drug-likeness (QED) is 0.798. The van der Waals surface area contributed by atoms with E-state index in [1.54, 1.807) is 10.6 Å². The lowest BCUT2D eigenvalue weighted by Crippen LogP contribution is -2.21. The minimum Gasteiger partial charge on any atom is -0.378 e. The van der Waals surface area contributed by atoms with Gasteiger partial charge in [-0.1, -0.05) is 0 Å². The highest BCUT2D eigenvalue weighted by atomic mass is 127. The molecular weight excluding hydrogens is 305 g/mol.